The highest BCUT2D eigenvalue weighted by molar-refractivity contribution is 6.39. The number of Topliss-reactive ketones (excluding diaryl/α,β-unsaturated/α-hetero) is 3. The number of fused-ring (bicyclic) bond motifs is 3. The van der Waals surface area contributed by atoms with Crippen molar-refractivity contribution in [3.63, 3.8) is 0 Å². The maximum atomic E-state index is 14.5. The van der Waals surface area contributed by atoms with Gasteiger partial charge in [0.05, 0.1) is 31.0 Å². The van der Waals surface area contributed by atoms with E-state index in [0.29, 0.717) is 76.4 Å². The summed E-state index contributed by atoms with van der Waals surface area (Å²) in [4.78, 5) is 72.6. The highest BCUT2D eigenvalue weighted by atomic mass is 16.6. The highest BCUT2D eigenvalue weighted by Crippen LogP contribution is 2.38. The van der Waals surface area contributed by atoms with Crippen molar-refractivity contribution in [2.24, 2.45) is 35.5 Å². The van der Waals surface area contributed by atoms with Crippen molar-refractivity contribution in [2.75, 3.05) is 27.4 Å². The zero-order valence-corrected chi connectivity index (χ0v) is 44.4. The Bertz CT molecular complexity index is 2080. The number of aliphatic hydroxyl groups excluding tert-OH is 2. The number of rotatable bonds is 9. The predicted octanol–water partition coefficient (Wildman–Crippen LogP) is 7.79. The van der Waals surface area contributed by atoms with Gasteiger partial charge in [-0.15, -0.1) is 0 Å². The van der Waals surface area contributed by atoms with Gasteiger partial charge in [0.25, 0.3) is 11.7 Å². The Kier molecular flexibility index (Phi) is 22.8. The maximum absolute atomic E-state index is 14.5. The van der Waals surface area contributed by atoms with Crippen LogP contribution in [-0.2, 0) is 54.1 Å². The Labute approximate surface area is 428 Å². The number of esters is 1. The van der Waals surface area contributed by atoms with E-state index >= 15 is 0 Å². The molecule has 2 unspecified atom stereocenters. The Morgan fingerprint density at radius 3 is 2.29 bits per heavy atom. The molecule has 0 spiro atoms. The van der Waals surface area contributed by atoms with Gasteiger partial charge in [-0.2, -0.15) is 0 Å². The molecular formula is C58H85NO13. The zero-order valence-electron chi connectivity index (χ0n) is 44.4. The molecule has 2 bridgehead atoms. The van der Waals surface area contributed by atoms with E-state index in [-0.39, 0.29) is 54.8 Å². The average molecular weight is 1000 g/mol. The van der Waals surface area contributed by atoms with Crippen molar-refractivity contribution in [3.8, 4) is 0 Å². The van der Waals surface area contributed by atoms with Gasteiger partial charge in [-0.05, 0) is 119 Å². The van der Waals surface area contributed by atoms with Crippen LogP contribution in [0.2, 0.25) is 0 Å². The predicted molar refractivity (Wildman–Crippen MR) is 274 cm³/mol. The molecule has 3 aliphatic heterocycles. The molecule has 400 valence electrons. The standard InChI is InChI=1S/C58H85NO13/c1-36-18-12-10-13-19-37(2)49(70-29-27-43-20-14-11-15-21-43)34-45-25-23-42(7)58(67,72-45)55(64)56(65)59-28-17-16-22-46(59)57(66)71-50(39(4)32-44-24-26-47(60)51(33-44)68-8)35-48(61)38(3)31-41(6)53(63)54(69-9)52(62)40(5)30-36/h10-15,18-21,31,36,38-40,42,44-47,49-51,53-54,60,63,67H,16-17,22-30,32-35H2,1-9H3/b13-10+,18-12+,37-19+,41-31+/t36-,38-,39?,40-,42-,44+,45+,46+,47-,49?,50+,51-,53-,54+,58-/m1/s1. The van der Waals surface area contributed by atoms with Gasteiger partial charge in [0.2, 0.25) is 5.79 Å². The molecule has 0 radical (unpaired) electrons. The third-order valence-corrected chi connectivity index (χ3v) is 15.7. The van der Waals surface area contributed by atoms with E-state index in [0.717, 1.165) is 17.6 Å². The molecule has 1 aromatic carbocycles. The van der Waals surface area contributed by atoms with Crippen LogP contribution < -0.4 is 0 Å². The summed E-state index contributed by atoms with van der Waals surface area (Å²) in [7, 11) is 2.95. The first-order valence-corrected chi connectivity index (χ1v) is 26.6. The van der Waals surface area contributed by atoms with E-state index < -0.39 is 83.9 Å². The quantitative estimate of drug-likeness (QED) is 0.123. The van der Waals surface area contributed by atoms with Crippen molar-refractivity contribution in [3.05, 3.63) is 83.5 Å². The largest absolute Gasteiger partial charge is 0.460 e. The molecule has 5 rings (SSSR count). The van der Waals surface area contributed by atoms with Crippen LogP contribution in [0, 0.1) is 35.5 Å². The minimum atomic E-state index is -2.46. The number of piperidine rings is 1. The Morgan fingerprint density at radius 2 is 1.58 bits per heavy atom. The second-order valence-electron chi connectivity index (χ2n) is 21.5. The number of methoxy groups -OCH3 is 2. The van der Waals surface area contributed by atoms with Crippen molar-refractivity contribution >= 4 is 29.2 Å². The molecule has 14 nitrogen and oxygen atoms in total. The molecular weight excluding hydrogens is 919 g/mol. The first kappa shape index (κ1) is 58.7. The SMILES string of the molecule is CO[C@@H]1C[C@H](CC(C)[C@@H]2CC(=O)[C@H](C)/C=C(\C)[C@@H](O)[C@@H](OC)C(=O)[C@H](C)C[C@H](C)/C=C/C=C/C=C(\C)C(OCCc3ccccc3)C[C@@H]3CC[C@@H](C)[C@@](O)(O3)C(=O)C(=O)N3CCCC[C@H]3C(=O)O2)CC[C@H]1O. The van der Waals surface area contributed by atoms with E-state index in [1.54, 1.807) is 34.0 Å². The van der Waals surface area contributed by atoms with Crippen LogP contribution >= 0.6 is 0 Å². The number of ketones is 3. The number of hydrogen-bond acceptors (Lipinski definition) is 13. The van der Waals surface area contributed by atoms with Crippen LogP contribution in [0.4, 0.5) is 0 Å². The number of allylic oxidation sites excluding steroid dienone is 6. The summed E-state index contributed by atoms with van der Waals surface area (Å²) < 4.78 is 30.3. The summed E-state index contributed by atoms with van der Waals surface area (Å²) >= 11 is 0. The fourth-order valence-corrected chi connectivity index (χ4v) is 11.0. The minimum Gasteiger partial charge on any atom is -0.460 e. The molecule has 3 fully saturated rings. The van der Waals surface area contributed by atoms with Gasteiger partial charge in [-0.25, -0.2) is 4.79 Å². The molecule has 1 amide bonds. The van der Waals surface area contributed by atoms with Gasteiger partial charge in [0, 0.05) is 51.4 Å². The van der Waals surface area contributed by atoms with Gasteiger partial charge in [0.1, 0.15) is 30.1 Å². The minimum absolute atomic E-state index is 0.00296. The van der Waals surface area contributed by atoms with E-state index in [1.807, 2.05) is 88.4 Å². The third kappa shape index (κ3) is 15.9. The first-order valence-electron chi connectivity index (χ1n) is 26.6. The number of cyclic esters (lactones) is 1. The maximum Gasteiger partial charge on any atom is 0.329 e. The van der Waals surface area contributed by atoms with Crippen molar-refractivity contribution in [1.82, 2.24) is 4.90 Å². The summed E-state index contributed by atoms with van der Waals surface area (Å²) in [5.74, 6) is -8.08. The van der Waals surface area contributed by atoms with Crippen LogP contribution in [0.15, 0.2) is 77.9 Å². The molecule has 1 aromatic rings. The fourth-order valence-electron chi connectivity index (χ4n) is 11.0. The first-order chi connectivity index (χ1) is 34.3. The molecule has 3 heterocycles. The second kappa shape index (κ2) is 27.9. The van der Waals surface area contributed by atoms with E-state index in [9.17, 15) is 39.3 Å². The summed E-state index contributed by atoms with van der Waals surface area (Å²) in [5, 5.41) is 34.2. The van der Waals surface area contributed by atoms with Gasteiger partial charge in [-0.1, -0.05) is 101 Å². The normalized spacial score (nSPS) is 37.6. The van der Waals surface area contributed by atoms with E-state index in [1.165, 1.54) is 12.0 Å². The summed E-state index contributed by atoms with van der Waals surface area (Å²) in [6, 6.07) is 8.83. The molecule has 72 heavy (non-hydrogen) atoms. The number of ether oxygens (including phenoxy) is 5. The zero-order chi connectivity index (χ0) is 52.7. The topological polar surface area (TPSA) is 195 Å². The molecule has 0 aromatic heterocycles. The van der Waals surface area contributed by atoms with E-state index in [2.05, 4.69) is 0 Å². The molecule has 14 heteroatoms. The summed E-state index contributed by atoms with van der Waals surface area (Å²) in [6.45, 7) is 13.2. The highest BCUT2D eigenvalue weighted by Gasteiger charge is 2.53. The van der Waals surface area contributed by atoms with Crippen LogP contribution in [-0.4, -0.2) is 131 Å². The third-order valence-electron chi connectivity index (χ3n) is 15.7. The fraction of sp³-hybridized carbons (Fsp3) is 0.672. The number of aliphatic hydroxyl groups is 3. The Morgan fingerprint density at radius 1 is 0.847 bits per heavy atom. The van der Waals surface area contributed by atoms with Crippen LogP contribution in [0.5, 0.6) is 0 Å². The van der Waals surface area contributed by atoms with Gasteiger partial charge in [0.15, 0.2) is 5.78 Å². The van der Waals surface area contributed by atoms with E-state index in [4.69, 9.17) is 23.7 Å². The van der Waals surface area contributed by atoms with Crippen molar-refractivity contribution in [1.29, 1.82) is 0 Å². The van der Waals surface area contributed by atoms with Crippen LogP contribution in [0.25, 0.3) is 0 Å². The van der Waals surface area contributed by atoms with Crippen molar-refractivity contribution in [2.45, 2.75) is 186 Å². The smallest absolute Gasteiger partial charge is 0.329 e. The molecule has 15 atom stereocenters. The number of amides is 1. The molecule has 1 saturated carbocycles. The molecule has 2 saturated heterocycles. The molecule has 4 aliphatic rings. The summed E-state index contributed by atoms with van der Waals surface area (Å²) in [5.41, 5.74) is 2.39. The number of benzene rings is 1. The van der Waals surface area contributed by atoms with Crippen LogP contribution in [0.3, 0.4) is 0 Å². The number of carbonyl (C=O) groups is 5. The lowest BCUT2D eigenvalue weighted by Crippen LogP contribution is -2.61. The van der Waals surface area contributed by atoms with Gasteiger partial charge in [-0.3, -0.25) is 19.2 Å². The van der Waals surface area contributed by atoms with Crippen molar-refractivity contribution < 1.29 is 63.0 Å². The number of nitrogens with zero attached hydrogens (tertiary/aromatic N) is 1. The Balaban J connectivity index is 1.48. The Hall–Kier alpha value is -4.15. The lowest BCUT2D eigenvalue weighted by molar-refractivity contribution is -0.266. The number of hydrogen-bond donors (Lipinski definition) is 3. The monoisotopic (exact) mass is 1000 g/mol. The molecule has 3 N–H and O–H groups in total. The lowest BCUT2D eigenvalue weighted by atomic mass is 9.78. The molecule has 1 aliphatic carbocycles. The number of carbonyl (C=O) groups excluding carboxylic acids is 5. The van der Waals surface area contributed by atoms with Gasteiger partial charge < -0.3 is 43.9 Å². The summed E-state index contributed by atoms with van der Waals surface area (Å²) in [6.07, 6.45) is 11.8. The van der Waals surface area contributed by atoms with Crippen LogP contribution in [0.1, 0.15) is 131 Å². The lowest BCUT2D eigenvalue weighted by Gasteiger charge is -2.43. The second-order valence-corrected chi connectivity index (χ2v) is 21.5. The average Bonchev–Trinajstić information content (AvgIpc) is 3.36. The van der Waals surface area contributed by atoms with Gasteiger partial charge >= 0.3 is 5.97 Å².